The van der Waals surface area contributed by atoms with E-state index in [4.69, 9.17) is 4.74 Å². The van der Waals surface area contributed by atoms with Crippen molar-refractivity contribution in [1.82, 2.24) is 4.67 Å². The van der Waals surface area contributed by atoms with Crippen LogP contribution in [-0.4, -0.2) is 41.0 Å². The van der Waals surface area contributed by atoms with Gasteiger partial charge in [0, 0.05) is 24.0 Å². The number of carbonyl (C=O) groups excluding carboxylic acids is 1. The van der Waals surface area contributed by atoms with Crippen LogP contribution in [0.25, 0.3) is 0 Å². The van der Waals surface area contributed by atoms with Crippen molar-refractivity contribution in [1.29, 1.82) is 0 Å². The van der Waals surface area contributed by atoms with Gasteiger partial charge in [-0.25, -0.2) is 4.67 Å². The van der Waals surface area contributed by atoms with Gasteiger partial charge in [-0.2, -0.15) is 0 Å². The molecule has 0 radical (unpaired) electrons. The number of esters is 1. The minimum Gasteiger partial charge on any atom is -0.465 e. The summed E-state index contributed by atoms with van der Waals surface area (Å²) in [5, 5.41) is 11.3. The Morgan fingerprint density at radius 2 is 2.13 bits per heavy atom. The molecule has 1 aromatic carbocycles. The minimum absolute atomic E-state index is 0.0511. The summed E-state index contributed by atoms with van der Waals surface area (Å²) in [6.45, 7) is -0.497. The number of hydrogen-bond donors (Lipinski definition) is 0. The van der Waals surface area contributed by atoms with E-state index in [1.807, 2.05) is 0 Å². The van der Waals surface area contributed by atoms with Crippen LogP contribution >= 0.6 is 17.9 Å². The molecular weight excluding hydrogens is 339 g/mol. The van der Waals surface area contributed by atoms with E-state index >= 15 is 0 Å². The molecule has 1 aliphatic heterocycles. The van der Waals surface area contributed by atoms with E-state index in [-0.39, 0.29) is 18.3 Å². The number of carbonyl (C=O) groups is 1. The van der Waals surface area contributed by atoms with Gasteiger partial charge < -0.3 is 4.74 Å². The lowest BCUT2D eigenvalue weighted by Crippen LogP contribution is -2.36. The van der Waals surface area contributed by atoms with Crippen molar-refractivity contribution < 1.29 is 19.0 Å². The van der Waals surface area contributed by atoms with Crippen molar-refractivity contribution in [3.8, 4) is 0 Å². The number of nitrogens with zero attached hydrogens (tertiary/aromatic N) is 2. The summed E-state index contributed by atoms with van der Waals surface area (Å²) >= 11 is 1.18. The Hall–Kier alpha value is -1.37. The van der Waals surface area contributed by atoms with Gasteiger partial charge in [-0.1, -0.05) is 11.4 Å². The zero-order chi connectivity index (χ0) is 17.0. The Balaban J connectivity index is 2.33. The van der Waals surface area contributed by atoms with Gasteiger partial charge in [0.25, 0.3) is 5.69 Å². The topological polar surface area (TPSA) is 89.8 Å². The van der Waals surface area contributed by atoms with Crippen LogP contribution < -0.4 is 5.30 Å². The predicted octanol–water partition coefficient (Wildman–Crippen LogP) is 2.80. The average Bonchev–Trinajstić information content (AvgIpc) is 3.04. The summed E-state index contributed by atoms with van der Waals surface area (Å²) in [5.41, 5.74) is -0.0511. The van der Waals surface area contributed by atoms with Gasteiger partial charge in [0.15, 0.2) is 0 Å². The molecule has 0 spiro atoms. The fourth-order valence-corrected chi connectivity index (χ4v) is 7.10. The Kier molecular flexibility index (Phi) is 5.84. The highest BCUT2D eigenvalue weighted by molar-refractivity contribution is 8.59. The van der Waals surface area contributed by atoms with Crippen molar-refractivity contribution in [2.45, 2.75) is 25.8 Å². The Morgan fingerprint density at radius 1 is 1.48 bits per heavy atom. The maximum absolute atomic E-state index is 13.5. The maximum Gasteiger partial charge on any atom is 0.323 e. The van der Waals surface area contributed by atoms with E-state index in [1.165, 1.54) is 35.6 Å². The fourth-order valence-electron chi connectivity index (χ4n) is 2.67. The van der Waals surface area contributed by atoms with Crippen LogP contribution in [0.3, 0.4) is 0 Å². The zero-order valence-corrected chi connectivity index (χ0v) is 14.7. The van der Waals surface area contributed by atoms with Crippen LogP contribution in [0.1, 0.15) is 19.8 Å². The first-order chi connectivity index (χ1) is 10.9. The van der Waals surface area contributed by atoms with Gasteiger partial charge in [0.1, 0.15) is 6.04 Å². The SMILES string of the molecule is CCOC(=O)C1CCCN1P(=O)(SC)c1ccc([N+](=O)[O-])cc1. The van der Waals surface area contributed by atoms with Crippen LogP contribution in [0.4, 0.5) is 5.69 Å². The molecule has 1 heterocycles. The van der Waals surface area contributed by atoms with E-state index in [0.717, 1.165) is 6.42 Å². The third-order valence-corrected chi connectivity index (χ3v) is 9.10. The second kappa shape index (κ2) is 7.47. The molecule has 2 atom stereocenters. The van der Waals surface area contributed by atoms with Crippen LogP contribution in [0.5, 0.6) is 0 Å². The average molecular weight is 358 g/mol. The highest BCUT2D eigenvalue weighted by Crippen LogP contribution is 2.61. The molecule has 0 N–H and O–H groups in total. The van der Waals surface area contributed by atoms with Crippen LogP contribution in [0.15, 0.2) is 24.3 Å². The third kappa shape index (κ3) is 3.59. The fraction of sp³-hybridized carbons (Fsp3) is 0.500. The first kappa shape index (κ1) is 18.0. The van der Waals surface area contributed by atoms with E-state index in [9.17, 15) is 19.5 Å². The number of ether oxygens (including phenoxy) is 1. The molecule has 7 nitrogen and oxygen atoms in total. The van der Waals surface area contributed by atoms with Crippen molar-refractivity contribution in [3.63, 3.8) is 0 Å². The third-order valence-electron chi connectivity index (χ3n) is 3.76. The predicted molar refractivity (Wildman–Crippen MR) is 90.2 cm³/mol. The second-order valence-electron chi connectivity index (χ2n) is 5.05. The molecule has 1 saturated heterocycles. The van der Waals surface area contributed by atoms with Gasteiger partial charge in [0.2, 0.25) is 6.49 Å². The van der Waals surface area contributed by atoms with E-state index in [2.05, 4.69) is 0 Å². The molecule has 1 aromatic rings. The number of benzene rings is 1. The highest BCUT2D eigenvalue weighted by atomic mass is 32.7. The minimum atomic E-state index is -3.06. The van der Waals surface area contributed by atoms with Crippen molar-refractivity contribution in [3.05, 3.63) is 34.4 Å². The van der Waals surface area contributed by atoms with Crippen molar-refractivity contribution >= 4 is 34.8 Å². The molecule has 9 heteroatoms. The zero-order valence-electron chi connectivity index (χ0n) is 13.0. The van der Waals surface area contributed by atoms with Gasteiger partial charge in [-0.15, -0.1) is 0 Å². The first-order valence-corrected chi connectivity index (χ1v) is 10.8. The molecule has 2 unspecified atom stereocenters. The number of hydrogen-bond acceptors (Lipinski definition) is 6. The lowest BCUT2D eigenvalue weighted by molar-refractivity contribution is -0.384. The molecule has 0 saturated carbocycles. The quantitative estimate of drug-likeness (QED) is 0.334. The molecule has 1 aliphatic rings. The van der Waals surface area contributed by atoms with Crippen LogP contribution in [0.2, 0.25) is 0 Å². The molecule has 126 valence electrons. The van der Waals surface area contributed by atoms with Crippen molar-refractivity contribution in [2.75, 3.05) is 19.4 Å². The molecule has 1 fully saturated rings. The Morgan fingerprint density at radius 3 is 2.65 bits per heavy atom. The van der Waals surface area contributed by atoms with Gasteiger partial charge in [-0.3, -0.25) is 19.5 Å². The monoisotopic (exact) mass is 358 g/mol. The number of rotatable bonds is 6. The van der Waals surface area contributed by atoms with Gasteiger partial charge >= 0.3 is 5.97 Å². The smallest absolute Gasteiger partial charge is 0.323 e. The molecule has 0 aromatic heterocycles. The van der Waals surface area contributed by atoms with Crippen LogP contribution in [-0.2, 0) is 14.1 Å². The van der Waals surface area contributed by atoms with Gasteiger partial charge in [-0.05, 0) is 38.2 Å². The summed E-state index contributed by atoms with van der Waals surface area (Å²) in [6, 6.07) is 5.18. The lowest BCUT2D eigenvalue weighted by atomic mass is 10.2. The molecule has 2 rings (SSSR count). The van der Waals surface area contributed by atoms with E-state index in [1.54, 1.807) is 17.8 Å². The summed E-state index contributed by atoms with van der Waals surface area (Å²) < 4.78 is 20.3. The first-order valence-electron chi connectivity index (χ1n) is 7.28. The highest BCUT2D eigenvalue weighted by Gasteiger charge is 2.43. The molecule has 0 aliphatic carbocycles. The number of nitro benzene ring substituents is 1. The Labute approximate surface area is 138 Å². The summed E-state index contributed by atoms with van der Waals surface area (Å²) in [6.07, 6.45) is 3.10. The Bertz CT molecular complexity index is 637. The molecular formula is C14H19N2O5PS. The van der Waals surface area contributed by atoms with E-state index < -0.39 is 17.5 Å². The number of nitro groups is 1. The van der Waals surface area contributed by atoms with E-state index in [0.29, 0.717) is 18.3 Å². The van der Waals surface area contributed by atoms with Crippen molar-refractivity contribution in [2.24, 2.45) is 0 Å². The second-order valence-corrected chi connectivity index (χ2v) is 10.1. The molecule has 0 bridgehead atoms. The van der Waals surface area contributed by atoms with Crippen LogP contribution in [0, 0.1) is 10.1 Å². The molecule has 23 heavy (non-hydrogen) atoms. The number of non-ortho nitro benzene ring substituents is 1. The largest absolute Gasteiger partial charge is 0.465 e. The molecule has 0 amide bonds. The summed E-state index contributed by atoms with van der Waals surface area (Å²) in [4.78, 5) is 22.4. The standard InChI is InChI=1S/C14H19N2O5PS/c1-3-21-14(17)13-5-4-10-15(13)22(20,23-2)12-8-6-11(7-9-12)16(18)19/h6-9,13H,3-5,10H2,1-2H3. The normalized spacial score (nSPS) is 20.9. The van der Waals surface area contributed by atoms with Gasteiger partial charge in [0.05, 0.1) is 11.5 Å². The summed E-state index contributed by atoms with van der Waals surface area (Å²) in [7, 11) is 0. The maximum atomic E-state index is 13.5. The lowest BCUT2D eigenvalue weighted by Gasteiger charge is -2.30. The summed E-state index contributed by atoms with van der Waals surface area (Å²) in [5.74, 6) is -0.360.